The average molecular weight is 650 g/mol. The summed E-state index contributed by atoms with van der Waals surface area (Å²) in [5, 5.41) is 18.8. The molecule has 0 saturated carbocycles. The van der Waals surface area contributed by atoms with Crippen LogP contribution in [0.25, 0.3) is 0 Å². The van der Waals surface area contributed by atoms with Gasteiger partial charge in [0.15, 0.2) is 0 Å². The van der Waals surface area contributed by atoms with Crippen LogP contribution >= 0.6 is 11.6 Å². The van der Waals surface area contributed by atoms with Crippen molar-refractivity contribution in [2.75, 3.05) is 23.3 Å². The van der Waals surface area contributed by atoms with Crippen LogP contribution in [-0.2, 0) is 14.8 Å². The summed E-state index contributed by atoms with van der Waals surface area (Å²) in [5.41, 5.74) is 4.20. The molecule has 232 valence electrons. The van der Waals surface area contributed by atoms with Gasteiger partial charge in [0, 0.05) is 27.9 Å². The number of hydrazone groups is 1. The first kappa shape index (κ1) is 32.6. The van der Waals surface area contributed by atoms with Gasteiger partial charge in [-0.2, -0.15) is 5.10 Å². The van der Waals surface area contributed by atoms with E-state index in [-0.39, 0.29) is 27.7 Å². The number of hydrogen-bond acceptors (Lipinski definition) is 8. The number of benzene rings is 4. The maximum absolute atomic E-state index is 13.7. The van der Waals surface area contributed by atoms with Gasteiger partial charge in [-0.25, -0.2) is 13.8 Å². The summed E-state index contributed by atoms with van der Waals surface area (Å²) < 4.78 is 33.4. The fraction of sp³-hybridized carbons (Fsp3) is 0.129. The Balaban J connectivity index is 1.55. The summed E-state index contributed by atoms with van der Waals surface area (Å²) in [5.74, 6) is -0.685. The number of nitrogens with one attached hydrogen (secondary N) is 2. The molecule has 0 aliphatic heterocycles. The third kappa shape index (κ3) is 8.02. The molecule has 0 bridgehead atoms. The summed E-state index contributed by atoms with van der Waals surface area (Å²) >= 11 is 5.98. The number of ether oxygens (including phenoxy) is 1. The van der Waals surface area contributed by atoms with E-state index in [1.165, 1.54) is 50.4 Å². The molecular formula is C31H28ClN5O7S. The highest BCUT2D eigenvalue weighted by Gasteiger charge is 2.29. The van der Waals surface area contributed by atoms with Crippen LogP contribution in [0.3, 0.4) is 0 Å². The molecule has 0 unspecified atom stereocenters. The molecule has 0 aliphatic rings. The Labute approximate surface area is 264 Å². The van der Waals surface area contributed by atoms with Crippen LogP contribution < -0.4 is 19.8 Å². The summed E-state index contributed by atoms with van der Waals surface area (Å²) in [6.45, 7) is 2.43. The Morgan fingerprint density at radius 2 is 1.67 bits per heavy atom. The number of sulfonamides is 1. The molecule has 4 aromatic rings. The van der Waals surface area contributed by atoms with E-state index >= 15 is 0 Å². The SMILES string of the molecule is COc1ccc(N(CC(=O)N/N=C(/C)c2cccc(NC(=O)c3cccc(Cl)c3)c2)S(=O)(=O)c2ccc(C)c([N+](=O)[O-])c2)cc1. The summed E-state index contributed by atoms with van der Waals surface area (Å²) in [6.07, 6.45) is 0. The lowest BCUT2D eigenvalue weighted by atomic mass is 10.1. The molecule has 12 nitrogen and oxygen atoms in total. The molecular weight excluding hydrogens is 622 g/mol. The van der Waals surface area contributed by atoms with Crippen molar-refractivity contribution in [3.63, 3.8) is 0 Å². The summed E-state index contributed by atoms with van der Waals surface area (Å²) in [4.78, 5) is 36.1. The number of nitrogens with zero attached hydrogens (tertiary/aromatic N) is 3. The van der Waals surface area contributed by atoms with Crippen LogP contribution in [0.15, 0.2) is 101 Å². The molecule has 4 rings (SSSR count). The molecule has 2 N–H and O–H groups in total. The number of hydrogen-bond donors (Lipinski definition) is 2. The second-order valence-electron chi connectivity index (χ2n) is 9.69. The standard InChI is InChI=1S/C31H28ClN5O7S/c1-20-10-15-28(18-29(20)37(40)41)45(42,43)36(26-11-13-27(44-3)14-12-26)19-30(38)35-34-21(2)22-6-5-9-25(17-22)33-31(39)23-7-4-8-24(32)16-23/h4-18H,19H2,1-3H3,(H,33,39)(H,35,38)/b34-21-. The summed E-state index contributed by atoms with van der Waals surface area (Å²) in [6, 6.07) is 22.7. The van der Waals surface area contributed by atoms with E-state index in [4.69, 9.17) is 16.3 Å². The molecule has 0 radical (unpaired) electrons. The predicted molar refractivity (Wildman–Crippen MR) is 172 cm³/mol. The van der Waals surface area contributed by atoms with Crippen molar-refractivity contribution in [3.05, 3.63) is 123 Å². The van der Waals surface area contributed by atoms with E-state index in [1.807, 2.05) is 0 Å². The number of nitro benzene ring substituents is 1. The molecule has 4 aromatic carbocycles. The Morgan fingerprint density at radius 3 is 2.33 bits per heavy atom. The lowest BCUT2D eigenvalue weighted by molar-refractivity contribution is -0.385. The molecule has 0 heterocycles. The topological polar surface area (TPSA) is 160 Å². The highest BCUT2D eigenvalue weighted by atomic mass is 35.5. The molecule has 0 fully saturated rings. The Bertz CT molecular complexity index is 1900. The van der Waals surface area contributed by atoms with Crippen LogP contribution in [0, 0.1) is 17.0 Å². The Hall–Kier alpha value is -5.27. The van der Waals surface area contributed by atoms with Gasteiger partial charge in [-0.3, -0.25) is 24.0 Å². The fourth-order valence-corrected chi connectivity index (χ4v) is 5.80. The van der Waals surface area contributed by atoms with Gasteiger partial charge in [0.05, 0.1) is 28.3 Å². The molecule has 45 heavy (non-hydrogen) atoms. The van der Waals surface area contributed by atoms with Crippen molar-refractivity contribution in [1.82, 2.24) is 5.43 Å². The van der Waals surface area contributed by atoms with Crippen molar-refractivity contribution in [2.24, 2.45) is 5.10 Å². The van der Waals surface area contributed by atoms with E-state index < -0.39 is 27.4 Å². The molecule has 0 spiro atoms. The van der Waals surface area contributed by atoms with Crippen molar-refractivity contribution < 1.29 is 27.7 Å². The number of carbonyl (C=O) groups is 2. The van der Waals surface area contributed by atoms with E-state index in [9.17, 15) is 28.1 Å². The maximum Gasteiger partial charge on any atom is 0.273 e. The minimum absolute atomic E-state index is 0.123. The number of anilines is 2. The van der Waals surface area contributed by atoms with Crippen LogP contribution in [0.5, 0.6) is 5.75 Å². The fourth-order valence-electron chi connectivity index (χ4n) is 4.17. The number of methoxy groups -OCH3 is 1. The lowest BCUT2D eigenvalue weighted by Gasteiger charge is -2.24. The molecule has 0 aliphatic carbocycles. The zero-order valence-corrected chi connectivity index (χ0v) is 25.9. The molecule has 2 amide bonds. The third-order valence-corrected chi connectivity index (χ3v) is 8.59. The Kier molecular flexibility index (Phi) is 10.2. The molecule has 0 aromatic heterocycles. The van der Waals surface area contributed by atoms with E-state index in [2.05, 4.69) is 15.8 Å². The first-order valence-corrected chi connectivity index (χ1v) is 15.1. The monoisotopic (exact) mass is 649 g/mol. The minimum atomic E-state index is -4.44. The summed E-state index contributed by atoms with van der Waals surface area (Å²) in [7, 11) is -2.99. The van der Waals surface area contributed by atoms with Crippen molar-refractivity contribution >= 4 is 56.2 Å². The van der Waals surface area contributed by atoms with Crippen molar-refractivity contribution in [3.8, 4) is 5.75 Å². The first-order valence-electron chi connectivity index (χ1n) is 13.3. The molecule has 0 saturated heterocycles. The number of aryl methyl sites for hydroxylation is 1. The smallest absolute Gasteiger partial charge is 0.273 e. The highest BCUT2D eigenvalue weighted by molar-refractivity contribution is 7.92. The van der Waals surface area contributed by atoms with E-state index in [0.717, 1.165) is 10.4 Å². The van der Waals surface area contributed by atoms with Crippen LogP contribution in [0.2, 0.25) is 5.02 Å². The largest absolute Gasteiger partial charge is 0.497 e. The Morgan fingerprint density at radius 1 is 0.978 bits per heavy atom. The second-order valence-corrected chi connectivity index (χ2v) is 12.0. The van der Waals surface area contributed by atoms with Gasteiger partial charge in [0.1, 0.15) is 12.3 Å². The minimum Gasteiger partial charge on any atom is -0.497 e. The van der Waals surface area contributed by atoms with Gasteiger partial charge in [-0.15, -0.1) is 0 Å². The van der Waals surface area contributed by atoms with E-state index in [0.29, 0.717) is 33.3 Å². The number of halogens is 1. The van der Waals surface area contributed by atoms with Crippen molar-refractivity contribution in [1.29, 1.82) is 0 Å². The van der Waals surface area contributed by atoms with Crippen LogP contribution in [0.1, 0.15) is 28.4 Å². The normalized spacial score (nSPS) is 11.4. The molecule has 0 atom stereocenters. The number of amides is 2. The predicted octanol–water partition coefficient (Wildman–Crippen LogP) is 5.55. The van der Waals surface area contributed by atoms with E-state index in [1.54, 1.807) is 55.5 Å². The van der Waals surface area contributed by atoms with Gasteiger partial charge >= 0.3 is 0 Å². The number of carbonyl (C=O) groups excluding carboxylic acids is 2. The van der Waals surface area contributed by atoms with Gasteiger partial charge in [0.25, 0.3) is 27.5 Å². The zero-order chi connectivity index (χ0) is 32.7. The van der Waals surface area contributed by atoms with Gasteiger partial charge in [0.2, 0.25) is 0 Å². The number of nitro groups is 1. The van der Waals surface area contributed by atoms with Gasteiger partial charge < -0.3 is 10.1 Å². The van der Waals surface area contributed by atoms with Crippen LogP contribution in [0.4, 0.5) is 17.1 Å². The lowest BCUT2D eigenvalue weighted by Crippen LogP contribution is -2.39. The maximum atomic E-state index is 13.7. The molecule has 14 heteroatoms. The van der Waals surface area contributed by atoms with Gasteiger partial charge in [-0.05, 0) is 80.1 Å². The third-order valence-electron chi connectivity index (χ3n) is 6.59. The zero-order valence-electron chi connectivity index (χ0n) is 24.4. The first-order chi connectivity index (χ1) is 21.4. The highest BCUT2D eigenvalue weighted by Crippen LogP contribution is 2.29. The average Bonchev–Trinajstić information content (AvgIpc) is 3.02. The number of rotatable bonds is 11. The second kappa shape index (κ2) is 14.0. The van der Waals surface area contributed by atoms with Crippen LogP contribution in [-0.4, -0.2) is 44.5 Å². The van der Waals surface area contributed by atoms with Crippen molar-refractivity contribution in [2.45, 2.75) is 18.7 Å². The van der Waals surface area contributed by atoms with Gasteiger partial charge in [-0.1, -0.05) is 35.9 Å². The quantitative estimate of drug-likeness (QED) is 0.122.